The molecule has 0 fully saturated rings. The third kappa shape index (κ3) is 5.98. The minimum Gasteiger partial charge on any atom is -0.451 e. The van der Waals surface area contributed by atoms with E-state index in [0.717, 1.165) is 17.6 Å². The fraction of sp³-hybridized carbons (Fsp3) is 0.375. The Morgan fingerprint density at radius 1 is 1.17 bits per heavy atom. The number of carbonyl (C=O) groups is 1. The molecule has 184 valence electrons. The van der Waals surface area contributed by atoms with Gasteiger partial charge in [0.05, 0.1) is 30.1 Å². The van der Waals surface area contributed by atoms with E-state index in [9.17, 15) is 9.59 Å². The Bertz CT molecular complexity index is 1370. The molecule has 1 amide bonds. The summed E-state index contributed by atoms with van der Waals surface area (Å²) < 4.78 is 12.8. The van der Waals surface area contributed by atoms with Crippen molar-refractivity contribution in [2.24, 2.45) is 0 Å². The topological polar surface area (TPSA) is 124 Å². The molecule has 10 nitrogen and oxygen atoms in total. The summed E-state index contributed by atoms with van der Waals surface area (Å²) in [6.07, 6.45) is 2.73. The quantitative estimate of drug-likeness (QED) is 0.173. The summed E-state index contributed by atoms with van der Waals surface area (Å²) in [4.78, 5) is 34.2. The molecule has 1 aromatic carbocycles. The molecule has 0 aliphatic rings. The highest BCUT2D eigenvalue weighted by Gasteiger charge is 2.15. The maximum atomic E-state index is 12.6. The van der Waals surface area contributed by atoms with E-state index in [1.807, 2.05) is 6.92 Å². The first-order valence-electron chi connectivity index (χ1n) is 11.6. The number of aromatic nitrogens is 4. The zero-order chi connectivity index (χ0) is 24.6. The number of carbonyl (C=O) groups excluding carboxylic acids is 1. The smallest absolute Gasteiger partial charge is 0.287 e. The van der Waals surface area contributed by atoms with Gasteiger partial charge in [-0.2, -0.15) is 5.10 Å². The molecular formula is C24H28N6O4S. The molecule has 11 heteroatoms. The third-order valence-electron chi connectivity index (χ3n) is 5.12. The lowest BCUT2D eigenvalue weighted by Crippen LogP contribution is -2.28. The summed E-state index contributed by atoms with van der Waals surface area (Å²) in [5, 5.41) is 12.5. The molecule has 0 atom stereocenters. The van der Waals surface area contributed by atoms with Crippen LogP contribution in [0.2, 0.25) is 0 Å². The Morgan fingerprint density at radius 3 is 2.86 bits per heavy atom. The number of benzene rings is 1. The summed E-state index contributed by atoms with van der Waals surface area (Å²) >= 11 is 1.59. The average Bonchev–Trinajstić information content (AvgIpc) is 3.28. The number of hydrogen-bond acceptors (Lipinski definition) is 9. The Kier molecular flexibility index (Phi) is 8.32. The van der Waals surface area contributed by atoms with Gasteiger partial charge in [-0.25, -0.2) is 14.6 Å². The van der Waals surface area contributed by atoms with Gasteiger partial charge in [-0.05, 0) is 25.5 Å². The van der Waals surface area contributed by atoms with E-state index in [-0.39, 0.29) is 17.7 Å². The van der Waals surface area contributed by atoms with Gasteiger partial charge in [-0.3, -0.25) is 9.59 Å². The van der Waals surface area contributed by atoms with Gasteiger partial charge >= 0.3 is 0 Å². The van der Waals surface area contributed by atoms with Crippen molar-refractivity contribution in [2.75, 3.05) is 37.4 Å². The van der Waals surface area contributed by atoms with Crippen LogP contribution in [0.3, 0.4) is 0 Å². The van der Waals surface area contributed by atoms with Crippen molar-refractivity contribution in [3.8, 4) is 0 Å². The van der Waals surface area contributed by atoms with Crippen LogP contribution in [0.4, 0.5) is 5.82 Å². The maximum absolute atomic E-state index is 12.6. The summed E-state index contributed by atoms with van der Waals surface area (Å²) in [6.45, 7) is 6.59. The fourth-order valence-corrected chi connectivity index (χ4v) is 4.15. The zero-order valence-corrected chi connectivity index (χ0v) is 20.6. The average molecular weight is 497 g/mol. The molecule has 0 saturated carbocycles. The molecule has 0 aliphatic heterocycles. The van der Waals surface area contributed by atoms with Crippen molar-refractivity contribution in [3.63, 3.8) is 0 Å². The highest BCUT2D eigenvalue weighted by atomic mass is 32.2. The van der Waals surface area contributed by atoms with E-state index < -0.39 is 5.91 Å². The second-order valence-corrected chi connectivity index (χ2v) is 8.72. The lowest BCUT2D eigenvalue weighted by Gasteiger charge is -2.10. The fourth-order valence-electron chi connectivity index (χ4n) is 3.46. The van der Waals surface area contributed by atoms with Crippen molar-refractivity contribution in [3.05, 3.63) is 52.5 Å². The van der Waals surface area contributed by atoms with Crippen LogP contribution in [0.1, 0.15) is 30.8 Å². The van der Waals surface area contributed by atoms with E-state index in [2.05, 4.69) is 32.6 Å². The minimum absolute atomic E-state index is 0.0274. The van der Waals surface area contributed by atoms with Crippen molar-refractivity contribution in [2.45, 2.75) is 32.0 Å². The summed E-state index contributed by atoms with van der Waals surface area (Å²) in [7, 11) is 0. The SMILES string of the molecule is CCCSc1nc(NCCOCC)c2cnn(CCNC(=O)c3cc(=O)c4ccccc4o3)c2n1. The molecule has 0 aliphatic carbocycles. The minimum atomic E-state index is -0.462. The second kappa shape index (κ2) is 11.8. The molecular weight excluding hydrogens is 468 g/mol. The second-order valence-electron chi connectivity index (χ2n) is 7.66. The highest BCUT2D eigenvalue weighted by Crippen LogP contribution is 2.24. The summed E-state index contributed by atoms with van der Waals surface area (Å²) in [5.74, 6) is 1.13. The number of ether oxygens (including phenoxy) is 1. The Morgan fingerprint density at radius 2 is 2.03 bits per heavy atom. The van der Waals surface area contributed by atoms with E-state index in [1.54, 1.807) is 46.9 Å². The predicted molar refractivity (Wildman–Crippen MR) is 136 cm³/mol. The van der Waals surface area contributed by atoms with Gasteiger partial charge in [0.2, 0.25) is 0 Å². The highest BCUT2D eigenvalue weighted by molar-refractivity contribution is 7.99. The van der Waals surface area contributed by atoms with Gasteiger partial charge in [0.25, 0.3) is 5.91 Å². The molecule has 35 heavy (non-hydrogen) atoms. The first kappa shape index (κ1) is 24.7. The number of anilines is 1. The van der Waals surface area contributed by atoms with E-state index in [0.29, 0.717) is 53.9 Å². The number of rotatable bonds is 12. The molecule has 3 heterocycles. The van der Waals surface area contributed by atoms with Crippen molar-refractivity contribution in [1.82, 2.24) is 25.1 Å². The molecule has 0 bridgehead atoms. The van der Waals surface area contributed by atoms with Gasteiger partial charge in [-0.1, -0.05) is 30.8 Å². The monoisotopic (exact) mass is 496 g/mol. The number of thioether (sulfide) groups is 1. The van der Waals surface area contributed by atoms with Crippen LogP contribution in [-0.4, -0.2) is 57.7 Å². The molecule has 2 N–H and O–H groups in total. The number of nitrogens with zero attached hydrogens (tertiary/aromatic N) is 4. The van der Waals surface area contributed by atoms with Gasteiger partial charge in [0.1, 0.15) is 11.4 Å². The van der Waals surface area contributed by atoms with E-state index in [4.69, 9.17) is 9.15 Å². The van der Waals surface area contributed by atoms with E-state index >= 15 is 0 Å². The van der Waals surface area contributed by atoms with Crippen LogP contribution < -0.4 is 16.1 Å². The van der Waals surface area contributed by atoms with Gasteiger partial charge in [0, 0.05) is 31.5 Å². The number of nitrogens with one attached hydrogen (secondary N) is 2. The molecule has 0 spiro atoms. The van der Waals surface area contributed by atoms with Gasteiger partial charge in [-0.15, -0.1) is 0 Å². The summed E-state index contributed by atoms with van der Waals surface area (Å²) in [5.41, 5.74) is 0.804. The van der Waals surface area contributed by atoms with Crippen LogP contribution in [0.5, 0.6) is 0 Å². The van der Waals surface area contributed by atoms with Crippen molar-refractivity contribution in [1.29, 1.82) is 0 Å². The van der Waals surface area contributed by atoms with Crippen LogP contribution in [0.15, 0.2) is 50.9 Å². The Hall–Kier alpha value is -3.44. The lowest BCUT2D eigenvalue weighted by atomic mass is 10.2. The van der Waals surface area contributed by atoms with Gasteiger partial charge in [0.15, 0.2) is 22.0 Å². The first-order chi connectivity index (χ1) is 17.1. The predicted octanol–water partition coefficient (Wildman–Crippen LogP) is 3.31. The third-order valence-corrected chi connectivity index (χ3v) is 6.17. The number of amides is 1. The van der Waals surface area contributed by atoms with Crippen LogP contribution >= 0.6 is 11.8 Å². The number of hydrogen-bond donors (Lipinski definition) is 2. The van der Waals surface area contributed by atoms with Gasteiger partial charge < -0.3 is 19.8 Å². The molecule has 3 aromatic heterocycles. The Balaban J connectivity index is 1.47. The molecule has 4 aromatic rings. The van der Waals surface area contributed by atoms with E-state index in [1.165, 1.54) is 6.07 Å². The standard InChI is InChI=1S/C24H28N6O4S/c1-3-13-35-24-28-21(25-10-12-33-4-2)17-15-27-30(22(17)29-24)11-9-26-23(32)20-14-18(31)16-7-5-6-8-19(16)34-20/h5-8,14-15H,3-4,9-13H2,1-2H3,(H,26,32)(H,25,28,29). The van der Waals surface area contributed by atoms with Crippen LogP contribution in [0.25, 0.3) is 22.0 Å². The molecule has 0 unspecified atom stereocenters. The molecule has 4 rings (SSSR count). The van der Waals surface area contributed by atoms with Crippen molar-refractivity contribution >= 4 is 45.5 Å². The largest absolute Gasteiger partial charge is 0.451 e. The normalized spacial score (nSPS) is 11.3. The molecule has 0 radical (unpaired) electrons. The van der Waals surface area contributed by atoms with Crippen LogP contribution in [-0.2, 0) is 11.3 Å². The zero-order valence-electron chi connectivity index (χ0n) is 19.7. The number of fused-ring (bicyclic) bond motifs is 2. The summed E-state index contributed by atoms with van der Waals surface area (Å²) in [6, 6.07) is 8.05. The molecule has 0 saturated heterocycles. The maximum Gasteiger partial charge on any atom is 0.287 e. The van der Waals surface area contributed by atoms with Crippen molar-refractivity contribution < 1.29 is 13.9 Å². The number of para-hydroxylation sites is 1. The first-order valence-corrected chi connectivity index (χ1v) is 12.6. The Labute approximate surface area is 206 Å². The lowest BCUT2D eigenvalue weighted by molar-refractivity contribution is 0.0925. The van der Waals surface area contributed by atoms with Crippen LogP contribution in [0, 0.1) is 0 Å².